The molecule has 2 aromatic carbocycles. The molecule has 0 aliphatic carbocycles. The summed E-state index contributed by atoms with van der Waals surface area (Å²) in [6, 6.07) is 12.4. The molecule has 0 unspecified atom stereocenters. The van der Waals surface area contributed by atoms with E-state index in [-0.39, 0.29) is 23.8 Å². The van der Waals surface area contributed by atoms with Crippen molar-refractivity contribution in [3.63, 3.8) is 0 Å². The lowest BCUT2D eigenvalue weighted by atomic mass is 9.87. The molecule has 156 valence electrons. The van der Waals surface area contributed by atoms with Gasteiger partial charge < -0.3 is 15.0 Å². The Morgan fingerprint density at radius 3 is 2.48 bits per heavy atom. The number of carbonyl (C=O) groups excluding carboxylic acids is 1. The molecule has 1 heterocycles. The van der Waals surface area contributed by atoms with Crippen LogP contribution in [0.3, 0.4) is 0 Å². The molecule has 0 saturated carbocycles. The fourth-order valence-corrected chi connectivity index (χ4v) is 3.84. The number of rotatable bonds is 5. The summed E-state index contributed by atoms with van der Waals surface area (Å²) in [6.07, 6.45) is -4.37. The Bertz CT molecular complexity index is 852. The first-order valence-corrected chi connectivity index (χ1v) is 9.49. The quantitative estimate of drug-likeness (QED) is 0.808. The second-order valence-electron chi connectivity index (χ2n) is 7.56. The summed E-state index contributed by atoms with van der Waals surface area (Å²) in [6.45, 7) is 3.08. The molecule has 7 heteroatoms. The van der Waals surface area contributed by atoms with Gasteiger partial charge in [-0.25, -0.2) is 0 Å². The van der Waals surface area contributed by atoms with Crippen LogP contribution in [0, 0.1) is 5.92 Å². The third-order valence-electron chi connectivity index (χ3n) is 5.46. The van der Waals surface area contributed by atoms with Crippen LogP contribution < -0.4 is 10.1 Å². The summed E-state index contributed by atoms with van der Waals surface area (Å²) in [5.41, 5.74) is 0.993. The highest BCUT2D eigenvalue weighted by molar-refractivity contribution is 5.81. The molecule has 1 N–H and O–H groups in total. The molecule has 0 spiro atoms. The van der Waals surface area contributed by atoms with E-state index in [1.54, 1.807) is 7.11 Å². The molecule has 0 bridgehead atoms. The molecule has 2 aromatic rings. The minimum absolute atomic E-state index is 0.102. The molecule has 3 atom stereocenters. The number of likely N-dealkylation sites (N-methyl/N-ethyl adjacent to an activating group) is 1. The number of hydrogen-bond donors (Lipinski definition) is 1. The second-order valence-corrected chi connectivity index (χ2v) is 7.56. The highest BCUT2D eigenvalue weighted by Gasteiger charge is 2.38. The summed E-state index contributed by atoms with van der Waals surface area (Å²) in [5.74, 6) is 0.131. The number of halogens is 3. The van der Waals surface area contributed by atoms with Crippen LogP contribution in [0.15, 0.2) is 48.5 Å². The Balaban J connectivity index is 1.74. The fraction of sp³-hybridized carbons (Fsp3) is 0.409. The predicted molar refractivity (Wildman–Crippen MR) is 105 cm³/mol. The van der Waals surface area contributed by atoms with Crippen LogP contribution in [0.25, 0.3) is 0 Å². The molecular formula is C22H25F3N2O2. The van der Waals surface area contributed by atoms with Crippen LogP contribution in [-0.2, 0) is 11.0 Å². The van der Waals surface area contributed by atoms with Crippen LogP contribution in [0.5, 0.6) is 5.75 Å². The van der Waals surface area contributed by atoms with Crippen molar-refractivity contribution in [1.29, 1.82) is 0 Å². The van der Waals surface area contributed by atoms with Gasteiger partial charge in [0.1, 0.15) is 5.75 Å². The standard InChI is InChI=1S/C22H25F3N2O2/c1-14(16-5-4-6-18(11-16)29-3)26-21(28)20-13-27(2)12-19(20)15-7-9-17(10-8-15)22(23,24)25/h4-11,14,19-20H,12-13H2,1-3H3,(H,26,28)/t14-,19-,20+/m0/s1. The third-order valence-corrected chi connectivity index (χ3v) is 5.46. The maximum absolute atomic E-state index is 13.0. The second kappa shape index (κ2) is 8.45. The van der Waals surface area contributed by atoms with E-state index in [2.05, 4.69) is 5.32 Å². The zero-order chi connectivity index (χ0) is 21.2. The molecule has 1 fully saturated rings. The van der Waals surface area contributed by atoms with Crippen molar-refractivity contribution in [2.24, 2.45) is 5.92 Å². The Morgan fingerprint density at radius 2 is 1.86 bits per heavy atom. The number of nitrogens with one attached hydrogen (secondary N) is 1. The van der Waals surface area contributed by atoms with Crippen molar-refractivity contribution in [1.82, 2.24) is 10.2 Å². The summed E-state index contributed by atoms with van der Waals surface area (Å²) in [5, 5.41) is 3.04. The van der Waals surface area contributed by atoms with Gasteiger partial charge in [0.2, 0.25) is 5.91 Å². The van der Waals surface area contributed by atoms with Crippen LogP contribution in [-0.4, -0.2) is 38.1 Å². The highest BCUT2D eigenvalue weighted by Crippen LogP contribution is 2.35. The van der Waals surface area contributed by atoms with E-state index in [0.29, 0.717) is 18.8 Å². The Hall–Kier alpha value is -2.54. The van der Waals surface area contributed by atoms with Crippen LogP contribution >= 0.6 is 0 Å². The van der Waals surface area contributed by atoms with Gasteiger partial charge in [-0.3, -0.25) is 4.79 Å². The van der Waals surface area contributed by atoms with Crippen LogP contribution in [0.2, 0.25) is 0 Å². The molecule has 0 aromatic heterocycles. The molecule has 1 aliphatic rings. The molecule has 29 heavy (non-hydrogen) atoms. The van der Waals surface area contributed by atoms with Gasteiger partial charge in [0.15, 0.2) is 0 Å². The van der Waals surface area contributed by atoms with Crippen LogP contribution in [0.1, 0.15) is 35.6 Å². The van der Waals surface area contributed by atoms with Gasteiger partial charge in [-0.1, -0.05) is 24.3 Å². The zero-order valence-corrected chi connectivity index (χ0v) is 16.7. The summed E-state index contributed by atoms with van der Waals surface area (Å²) < 4.78 is 43.8. The lowest BCUT2D eigenvalue weighted by Gasteiger charge is -2.22. The Morgan fingerprint density at radius 1 is 1.17 bits per heavy atom. The van der Waals surface area contributed by atoms with Gasteiger partial charge >= 0.3 is 6.18 Å². The van der Waals surface area contributed by atoms with Gasteiger partial charge in [0, 0.05) is 19.0 Å². The minimum Gasteiger partial charge on any atom is -0.497 e. The van der Waals surface area contributed by atoms with Gasteiger partial charge in [-0.05, 0) is 49.4 Å². The first-order valence-electron chi connectivity index (χ1n) is 9.49. The monoisotopic (exact) mass is 406 g/mol. The average molecular weight is 406 g/mol. The number of methoxy groups -OCH3 is 1. The molecule has 4 nitrogen and oxygen atoms in total. The van der Waals surface area contributed by atoms with E-state index < -0.39 is 11.7 Å². The molecule has 1 saturated heterocycles. The molecule has 3 rings (SSSR count). The van der Waals surface area contributed by atoms with Crippen molar-refractivity contribution in [2.75, 3.05) is 27.2 Å². The van der Waals surface area contributed by atoms with E-state index in [1.165, 1.54) is 12.1 Å². The number of carbonyl (C=O) groups is 1. The fourth-order valence-electron chi connectivity index (χ4n) is 3.84. The molecule has 1 amide bonds. The minimum atomic E-state index is -4.37. The lowest BCUT2D eigenvalue weighted by molar-refractivity contribution is -0.137. The first-order chi connectivity index (χ1) is 13.7. The topological polar surface area (TPSA) is 41.6 Å². The average Bonchev–Trinajstić information content (AvgIpc) is 3.09. The maximum atomic E-state index is 13.0. The number of benzene rings is 2. The summed E-state index contributed by atoms with van der Waals surface area (Å²) in [4.78, 5) is 15.0. The number of ether oxygens (including phenoxy) is 1. The summed E-state index contributed by atoms with van der Waals surface area (Å²) >= 11 is 0. The van der Waals surface area contributed by atoms with Gasteiger partial charge in [-0.15, -0.1) is 0 Å². The third kappa shape index (κ3) is 4.90. The largest absolute Gasteiger partial charge is 0.497 e. The highest BCUT2D eigenvalue weighted by atomic mass is 19.4. The van der Waals surface area contributed by atoms with Gasteiger partial charge in [0.05, 0.1) is 24.6 Å². The number of alkyl halides is 3. The lowest BCUT2D eigenvalue weighted by Crippen LogP contribution is -2.36. The maximum Gasteiger partial charge on any atom is 0.416 e. The normalized spacial score (nSPS) is 21.0. The predicted octanol–water partition coefficient (Wildman–Crippen LogP) is 4.24. The first kappa shape index (κ1) is 21.2. The number of hydrogen-bond acceptors (Lipinski definition) is 3. The van der Waals surface area contributed by atoms with Crippen molar-refractivity contribution in [3.05, 3.63) is 65.2 Å². The Kier molecular flexibility index (Phi) is 6.17. The summed E-state index contributed by atoms with van der Waals surface area (Å²) in [7, 11) is 3.50. The van der Waals surface area contributed by atoms with Crippen molar-refractivity contribution in [2.45, 2.75) is 25.1 Å². The van der Waals surface area contributed by atoms with E-state index >= 15 is 0 Å². The van der Waals surface area contributed by atoms with Gasteiger partial charge in [0.25, 0.3) is 0 Å². The van der Waals surface area contributed by atoms with Gasteiger partial charge in [-0.2, -0.15) is 13.2 Å². The number of nitrogens with zero attached hydrogens (tertiary/aromatic N) is 1. The smallest absolute Gasteiger partial charge is 0.416 e. The van der Waals surface area contributed by atoms with E-state index in [1.807, 2.05) is 43.1 Å². The van der Waals surface area contributed by atoms with Crippen molar-refractivity contribution < 1.29 is 22.7 Å². The molecular weight excluding hydrogens is 381 g/mol. The van der Waals surface area contributed by atoms with E-state index in [4.69, 9.17) is 4.74 Å². The zero-order valence-electron chi connectivity index (χ0n) is 16.7. The van der Waals surface area contributed by atoms with Crippen molar-refractivity contribution in [3.8, 4) is 5.75 Å². The van der Waals surface area contributed by atoms with Crippen molar-refractivity contribution >= 4 is 5.91 Å². The Labute approximate surface area is 168 Å². The van der Waals surface area contributed by atoms with E-state index in [0.717, 1.165) is 23.3 Å². The van der Waals surface area contributed by atoms with E-state index in [9.17, 15) is 18.0 Å². The van der Waals surface area contributed by atoms with Crippen LogP contribution in [0.4, 0.5) is 13.2 Å². The number of likely N-dealkylation sites (tertiary alicyclic amines) is 1. The molecule has 0 radical (unpaired) electrons. The number of amides is 1. The molecule has 1 aliphatic heterocycles. The SMILES string of the molecule is COc1cccc([C@H](C)NC(=O)[C@@H]2CN(C)C[C@H]2c2ccc(C(F)(F)F)cc2)c1.